The van der Waals surface area contributed by atoms with Gasteiger partial charge in [0, 0.05) is 12.1 Å². The number of fused-ring (bicyclic) bond motifs is 1. The predicted molar refractivity (Wildman–Crippen MR) is 89.2 cm³/mol. The number of H-pyrrole nitrogens is 1. The molecule has 0 unspecified atom stereocenters. The van der Waals surface area contributed by atoms with Crippen LogP contribution in [0, 0.1) is 0 Å². The Hall–Kier alpha value is -3.02. The molecule has 0 amide bonds. The first-order chi connectivity index (χ1) is 11.2. The van der Waals surface area contributed by atoms with Crippen LogP contribution in [0.4, 0.5) is 5.95 Å². The van der Waals surface area contributed by atoms with Gasteiger partial charge in [0.15, 0.2) is 11.5 Å². The number of anilines is 1. The molecule has 1 heterocycles. The van der Waals surface area contributed by atoms with Crippen LogP contribution in [0.3, 0.4) is 0 Å². The van der Waals surface area contributed by atoms with Crippen LogP contribution in [0.2, 0.25) is 0 Å². The van der Waals surface area contributed by atoms with Crippen molar-refractivity contribution in [2.75, 3.05) is 19.5 Å². The summed E-state index contributed by atoms with van der Waals surface area (Å²) in [5.41, 5.74) is 1.38. The Labute approximate surface area is 133 Å². The molecule has 0 bridgehead atoms. The van der Waals surface area contributed by atoms with Crippen molar-refractivity contribution < 1.29 is 9.47 Å². The number of rotatable bonds is 5. The van der Waals surface area contributed by atoms with Gasteiger partial charge in [-0.3, -0.25) is 9.78 Å². The minimum atomic E-state index is -0.171. The van der Waals surface area contributed by atoms with Crippen molar-refractivity contribution in [2.24, 2.45) is 0 Å². The number of methoxy groups -OCH3 is 2. The molecule has 118 valence electrons. The number of hydrogen-bond donors (Lipinski definition) is 2. The van der Waals surface area contributed by atoms with Crippen molar-refractivity contribution in [3.8, 4) is 11.5 Å². The normalized spacial score (nSPS) is 10.5. The first-order valence-corrected chi connectivity index (χ1v) is 7.15. The molecule has 0 aliphatic rings. The second-order valence-corrected chi connectivity index (χ2v) is 4.94. The molecular formula is C17H17N3O3. The molecule has 23 heavy (non-hydrogen) atoms. The molecule has 0 aliphatic heterocycles. The van der Waals surface area contributed by atoms with Gasteiger partial charge in [-0.05, 0) is 18.2 Å². The summed E-state index contributed by atoms with van der Waals surface area (Å²) in [5.74, 6) is 1.73. The van der Waals surface area contributed by atoms with Gasteiger partial charge in [-0.25, -0.2) is 4.98 Å². The number of hydrogen-bond acceptors (Lipinski definition) is 5. The molecule has 0 radical (unpaired) electrons. The summed E-state index contributed by atoms with van der Waals surface area (Å²) in [4.78, 5) is 19.2. The van der Waals surface area contributed by atoms with Crippen LogP contribution in [0.25, 0.3) is 10.9 Å². The zero-order chi connectivity index (χ0) is 16.2. The lowest BCUT2D eigenvalue weighted by atomic mass is 10.2. The molecule has 0 spiro atoms. The van der Waals surface area contributed by atoms with Gasteiger partial charge in [0.1, 0.15) is 0 Å². The Morgan fingerprint density at radius 3 is 2.70 bits per heavy atom. The fourth-order valence-corrected chi connectivity index (χ4v) is 2.44. The van der Waals surface area contributed by atoms with Crippen molar-refractivity contribution in [1.29, 1.82) is 0 Å². The number of aromatic amines is 1. The van der Waals surface area contributed by atoms with E-state index in [1.807, 2.05) is 36.4 Å². The molecule has 2 N–H and O–H groups in total. The second-order valence-electron chi connectivity index (χ2n) is 4.94. The van der Waals surface area contributed by atoms with Gasteiger partial charge in [-0.1, -0.05) is 24.3 Å². The van der Waals surface area contributed by atoms with Crippen LogP contribution in [0.1, 0.15) is 5.56 Å². The molecule has 3 rings (SSSR count). The summed E-state index contributed by atoms with van der Waals surface area (Å²) in [7, 11) is 3.19. The maximum Gasteiger partial charge on any atom is 0.260 e. The van der Waals surface area contributed by atoms with Gasteiger partial charge in [-0.15, -0.1) is 0 Å². The molecule has 0 atom stereocenters. The highest BCUT2D eigenvalue weighted by atomic mass is 16.5. The van der Waals surface area contributed by atoms with E-state index < -0.39 is 0 Å². The molecule has 0 fully saturated rings. The number of nitrogens with one attached hydrogen (secondary N) is 2. The third kappa shape index (κ3) is 2.96. The Kier molecular flexibility index (Phi) is 4.14. The number of aromatic nitrogens is 2. The van der Waals surface area contributed by atoms with Gasteiger partial charge < -0.3 is 14.8 Å². The van der Waals surface area contributed by atoms with Gasteiger partial charge in [0.25, 0.3) is 5.56 Å². The molecule has 1 aromatic heterocycles. The highest BCUT2D eigenvalue weighted by molar-refractivity contribution is 5.78. The molecule has 6 heteroatoms. The van der Waals surface area contributed by atoms with E-state index in [1.165, 1.54) is 0 Å². The first-order valence-electron chi connectivity index (χ1n) is 7.15. The van der Waals surface area contributed by atoms with Crippen LogP contribution in [-0.4, -0.2) is 24.2 Å². The van der Waals surface area contributed by atoms with Gasteiger partial charge in [-0.2, -0.15) is 0 Å². The van der Waals surface area contributed by atoms with Gasteiger partial charge in [0.2, 0.25) is 5.95 Å². The van der Waals surface area contributed by atoms with Gasteiger partial charge >= 0.3 is 0 Å². The summed E-state index contributed by atoms with van der Waals surface area (Å²) in [6.45, 7) is 0.446. The molecule has 0 saturated heterocycles. The quantitative estimate of drug-likeness (QED) is 0.757. The van der Waals surface area contributed by atoms with Crippen molar-refractivity contribution in [1.82, 2.24) is 9.97 Å². The largest absolute Gasteiger partial charge is 0.493 e. The summed E-state index contributed by atoms with van der Waals surface area (Å²) >= 11 is 0. The van der Waals surface area contributed by atoms with E-state index in [0.29, 0.717) is 34.9 Å². The Balaban J connectivity index is 1.88. The van der Waals surface area contributed by atoms with E-state index in [2.05, 4.69) is 15.3 Å². The minimum Gasteiger partial charge on any atom is -0.493 e. The Morgan fingerprint density at radius 1 is 1.09 bits per heavy atom. The van der Waals surface area contributed by atoms with E-state index in [4.69, 9.17) is 9.47 Å². The first kappa shape index (κ1) is 14.9. The van der Waals surface area contributed by atoms with E-state index in [9.17, 15) is 4.79 Å². The van der Waals surface area contributed by atoms with Crippen molar-refractivity contribution >= 4 is 16.9 Å². The Morgan fingerprint density at radius 2 is 1.91 bits per heavy atom. The zero-order valence-electron chi connectivity index (χ0n) is 12.9. The highest BCUT2D eigenvalue weighted by Crippen LogP contribution is 2.30. The standard InChI is InChI=1S/C17H17N3O3/c1-22-14-9-5-6-11(15(14)23-2)10-18-17-19-13-8-4-3-7-12(13)16(21)20-17/h3-9H,10H2,1-2H3,(H2,18,19,20,21). The average Bonchev–Trinajstić information content (AvgIpc) is 2.59. The summed E-state index contributed by atoms with van der Waals surface area (Å²) in [5, 5.41) is 3.68. The Bertz CT molecular complexity index is 890. The molecule has 0 aliphatic carbocycles. The molecule has 0 saturated carbocycles. The fourth-order valence-electron chi connectivity index (χ4n) is 2.44. The SMILES string of the molecule is COc1cccc(CNc2nc3ccccc3c(=O)[nH]2)c1OC. The monoisotopic (exact) mass is 311 g/mol. The number of nitrogens with zero attached hydrogens (tertiary/aromatic N) is 1. The maximum absolute atomic E-state index is 12.1. The second kappa shape index (κ2) is 6.39. The topological polar surface area (TPSA) is 76.2 Å². The third-order valence-electron chi connectivity index (χ3n) is 3.54. The maximum atomic E-state index is 12.1. The smallest absolute Gasteiger partial charge is 0.260 e. The van der Waals surface area contributed by atoms with Crippen molar-refractivity contribution in [2.45, 2.75) is 6.54 Å². The molecule has 6 nitrogen and oxygen atoms in total. The summed E-state index contributed by atoms with van der Waals surface area (Å²) in [6, 6.07) is 12.9. The third-order valence-corrected chi connectivity index (χ3v) is 3.54. The van der Waals surface area contributed by atoms with E-state index in [1.54, 1.807) is 20.3 Å². The van der Waals surface area contributed by atoms with Crippen LogP contribution in [0.5, 0.6) is 11.5 Å². The predicted octanol–water partition coefficient (Wildman–Crippen LogP) is 2.55. The van der Waals surface area contributed by atoms with Crippen LogP contribution >= 0.6 is 0 Å². The van der Waals surface area contributed by atoms with Gasteiger partial charge in [0.05, 0.1) is 25.1 Å². The van der Waals surface area contributed by atoms with Crippen LogP contribution in [-0.2, 0) is 6.54 Å². The van der Waals surface area contributed by atoms with Crippen molar-refractivity contribution in [3.63, 3.8) is 0 Å². The molecular weight excluding hydrogens is 294 g/mol. The van der Waals surface area contributed by atoms with Crippen LogP contribution in [0.15, 0.2) is 47.3 Å². The number of benzene rings is 2. The zero-order valence-corrected chi connectivity index (χ0v) is 12.9. The molecule has 3 aromatic rings. The lowest BCUT2D eigenvalue weighted by molar-refractivity contribution is 0.352. The number of para-hydroxylation sites is 2. The summed E-state index contributed by atoms with van der Waals surface area (Å²) < 4.78 is 10.7. The van der Waals surface area contributed by atoms with Crippen LogP contribution < -0.4 is 20.3 Å². The van der Waals surface area contributed by atoms with E-state index >= 15 is 0 Å². The molecule has 2 aromatic carbocycles. The number of ether oxygens (including phenoxy) is 2. The fraction of sp³-hybridized carbons (Fsp3) is 0.176. The summed E-state index contributed by atoms with van der Waals surface area (Å²) in [6.07, 6.45) is 0. The average molecular weight is 311 g/mol. The van der Waals surface area contributed by atoms with E-state index in [-0.39, 0.29) is 5.56 Å². The van der Waals surface area contributed by atoms with E-state index in [0.717, 1.165) is 5.56 Å². The highest BCUT2D eigenvalue weighted by Gasteiger charge is 2.10. The minimum absolute atomic E-state index is 0.171. The lowest BCUT2D eigenvalue weighted by Gasteiger charge is -2.13. The lowest BCUT2D eigenvalue weighted by Crippen LogP contribution is -2.13. The van der Waals surface area contributed by atoms with Crippen molar-refractivity contribution in [3.05, 3.63) is 58.4 Å².